The predicted molar refractivity (Wildman–Crippen MR) is 127 cm³/mol. The number of carbonyl (C=O) groups is 1. The minimum atomic E-state index is -0.143. The monoisotopic (exact) mass is 425 g/mol. The Morgan fingerprint density at radius 2 is 1.78 bits per heavy atom. The maximum Gasteiger partial charge on any atom is 0.255 e. The first kappa shape index (κ1) is 20.5. The van der Waals surface area contributed by atoms with Crippen molar-refractivity contribution in [1.82, 2.24) is 9.88 Å². The number of nitrogens with one attached hydrogen (secondary N) is 1. The van der Waals surface area contributed by atoms with Gasteiger partial charge < -0.3 is 9.73 Å². The van der Waals surface area contributed by atoms with E-state index in [-0.39, 0.29) is 11.9 Å². The standard InChI is InChI=1S/C27H27N3O2/c1-19-13-16-30(17-14-19)25(21-10-7-15-28-18-21)26-24(22-11-5-6-12-23(22)32-26)29-27(31)20-8-3-2-4-9-20/h2-12,15,18-19,25H,13-14,16-17H2,1H3,(H,29,31)/t25-/m1/s1. The molecule has 0 spiro atoms. The summed E-state index contributed by atoms with van der Waals surface area (Å²) in [5, 5.41) is 4.08. The van der Waals surface area contributed by atoms with Gasteiger partial charge in [0.05, 0.1) is 11.7 Å². The van der Waals surface area contributed by atoms with Crippen LogP contribution in [0.3, 0.4) is 0 Å². The molecule has 1 saturated heterocycles. The van der Waals surface area contributed by atoms with Gasteiger partial charge in [-0.05, 0) is 67.7 Å². The van der Waals surface area contributed by atoms with E-state index in [2.05, 4.69) is 28.2 Å². The van der Waals surface area contributed by atoms with Crippen molar-refractivity contribution < 1.29 is 9.21 Å². The van der Waals surface area contributed by atoms with Gasteiger partial charge in [-0.25, -0.2) is 0 Å². The van der Waals surface area contributed by atoms with Gasteiger partial charge in [-0.15, -0.1) is 0 Å². The van der Waals surface area contributed by atoms with Crippen LogP contribution in [0.2, 0.25) is 0 Å². The van der Waals surface area contributed by atoms with Gasteiger partial charge in [0, 0.05) is 23.3 Å². The van der Waals surface area contributed by atoms with Crippen LogP contribution in [0.5, 0.6) is 0 Å². The van der Waals surface area contributed by atoms with E-state index in [1.165, 1.54) is 0 Å². The summed E-state index contributed by atoms with van der Waals surface area (Å²) in [5.41, 5.74) is 3.19. The van der Waals surface area contributed by atoms with Crippen molar-refractivity contribution in [3.63, 3.8) is 0 Å². The number of para-hydroxylation sites is 1. The average Bonchev–Trinajstić information content (AvgIpc) is 3.19. The highest BCUT2D eigenvalue weighted by atomic mass is 16.3. The van der Waals surface area contributed by atoms with Crippen molar-refractivity contribution in [2.24, 2.45) is 5.92 Å². The third-order valence-corrected chi connectivity index (χ3v) is 6.33. The van der Waals surface area contributed by atoms with E-state index in [1.54, 1.807) is 6.20 Å². The van der Waals surface area contributed by atoms with Crippen molar-refractivity contribution in [3.8, 4) is 0 Å². The van der Waals surface area contributed by atoms with Gasteiger partial charge in [-0.2, -0.15) is 0 Å². The molecule has 1 amide bonds. The molecule has 2 aromatic carbocycles. The van der Waals surface area contributed by atoms with E-state index < -0.39 is 0 Å². The van der Waals surface area contributed by atoms with Crippen LogP contribution in [0, 0.1) is 5.92 Å². The van der Waals surface area contributed by atoms with Crippen LogP contribution in [0.4, 0.5) is 5.69 Å². The lowest BCUT2D eigenvalue weighted by atomic mass is 9.94. The molecule has 1 N–H and O–H groups in total. The number of furan rings is 1. The maximum absolute atomic E-state index is 13.1. The Morgan fingerprint density at radius 1 is 1.03 bits per heavy atom. The van der Waals surface area contributed by atoms with Crippen molar-refractivity contribution in [2.75, 3.05) is 18.4 Å². The number of hydrogen-bond acceptors (Lipinski definition) is 4. The van der Waals surface area contributed by atoms with Crippen LogP contribution >= 0.6 is 0 Å². The van der Waals surface area contributed by atoms with Crippen LogP contribution in [0.25, 0.3) is 11.0 Å². The second-order valence-corrected chi connectivity index (χ2v) is 8.57. The molecule has 1 fully saturated rings. The highest BCUT2D eigenvalue weighted by Gasteiger charge is 2.32. The molecule has 1 aliphatic rings. The Hall–Kier alpha value is -3.44. The third-order valence-electron chi connectivity index (χ3n) is 6.33. The van der Waals surface area contributed by atoms with Gasteiger partial charge in [-0.1, -0.05) is 43.3 Å². The largest absolute Gasteiger partial charge is 0.457 e. The summed E-state index contributed by atoms with van der Waals surface area (Å²) >= 11 is 0. The second-order valence-electron chi connectivity index (χ2n) is 8.57. The number of anilines is 1. The van der Waals surface area contributed by atoms with Crippen molar-refractivity contribution in [1.29, 1.82) is 0 Å². The fraction of sp³-hybridized carbons (Fsp3) is 0.259. The fourth-order valence-corrected chi connectivity index (χ4v) is 4.51. The Balaban J connectivity index is 1.62. The number of aromatic nitrogens is 1. The smallest absolute Gasteiger partial charge is 0.255 e. The van der Waals surface area contributed by atoms with E-state index >= 15 is 0 Å². The van der Waals surface area contributed by atoms with E-state index in [9.17, 15) is 4.79 Å². The summed E-state index contributed by atoms with van der Waals surface area (Å²) in [4.78, 5) is 19.9. The number of carbonyl (C=O) groups excluding carboxylic acids is 1. The maximum atomic E-state index is 13.1. The lowest BCUT2D eigenvalue weighted by Crippen LogP contribution is -2.37. The van der Waals surface area contributed by atoms with Crippen LogP contribution in [-0.2, 0) is 0 Å². The molecular weight excluding hydrogens is 398 g/mol. The van der Waals surface area contributed by atoms with Crippen LogP contribution in [0.1, 0.15) is 47.5 Å². The van der Waals surface area contributed by atoms with Crippen LogP contribution in [-0.4, -0.2) is 28.9 Å². The number of hydrogen-bond donors (Lipinski definition) is 1. The summed E-state index contributed by atoms with van der Waals surface area (Å²) in [6.07, 6.45) is 5.97. The van der Waals surface area contributed by atoms with E-state index in [0.717, 1.165) is 53.9 Å². The number of rotatable bonds is 5. The van der Waals surface area contributed by atoms with Crippen molar-refractivity contribution in [2.45, 2.75) is 25.8 Å². The Kier molecular flexibility index (Phi) is 5.73. The molecule has 3 heterocycles. The Labute approximate surface area is 188 Å². The number of benzene rings is 2. The average molecular weight is 426 g/mol. The van der Waals surface area contributed by atoms with E-state index in [4.69, 9.17) is 4.42 Å². The Morgan fingerprint density at radius 3 is 2.53 bits per heavy atom. The van der Waals surface area contributed by atoms with Gasteiger partial charge in [0.15, 0.2) is 5.76 Å². The number of amides is 1. The van der Waals surface area contributed by atoms with Gasteiger partial charge in [0.25, 0.3) is 5.91 Å². The number of fused-ring (bicyclic) bond motifs is 1. The van der Waals surface area contributed by atoms with E-state index in [0.29, 0.717) is 11.5 Å². The molecule has 0 bridgehead atoms. The summed E-state index contributed by atoms with van der Waals surface area (Å²) in [7, 11) is 0. The highest BCUT2D eigenvalue weighted by molar-refractivity contribution is 6.09. The van der Waals surface area contributed by atoms with E-state index in [1.807, 2.05) is 66.9 Å². The molecule has 2 aromatic heterocycles. The molecule has 32 heavy (non-hydrogen) atoms. The minimum absolute atomic E-state index is 0.116. The zero-order chi connectivity index (χ0) is 21.9. The number of piperidine rings is 1. The zero-order valence-electron chi connectivity index (χ0n) is 18.2. The fourth-order valence-electron chi connectivity index (χ4n) is 4.51. The molecule has 0 radical (unpaired) electrons. The van der Waals surface area contributed by atoms with Crippen LogP contribution < -0.4 is 5.32 Å². The predicted octanol–water partition coefficient (Wildman–Crippen LogP) is 5.90. The lowest BCUT2D eigenvalue weighted by molar-refractivity contribution is 0.102. The van der Waals surface area contributed by atoms with Crippen molar-refractivity contribution in [3.05, 3.63) is 96.0 Å². The molecule has 0 aliphatic carbocycles. The lowest BCUT2D eigenvalue weighted by Gasteiger charge is -2.36. The number of likely N-dealkylation sites (tertiary alicyclic amines) is 1. The summed E-state index contributed by atoms with van der Waals surface area (Å²) in [6, 6.07) is 21.1. The quantitative estimate of drug-likeness (QED) is 0.432. The van der Waals surface area contributed by atoms with Gasteiger partial charge in [0.1, 0.15) is 5.58 Å². The molecule has 1 atom stereocenters. The molecular formula is C27H27N3O2. The summed E-state index contributed by atoms with van der Waals surface area (Å²) in [6.45, 7) is 4.26. The van der Waals surface area contributed by atoms with Crippen molar-refractivity contribution >= 4 is 22.6 Å². The number of nitrogens with zero attached hydrogens (tertiary/aromatic N) is 2. The molecule has 5 heteroatoms. The molecule has 5 nitrogen and oxygen atoms in total. The molecule has 0 saturated carbocycles. The van der Waals surface area contributed by atoms with Gasteiger partial charge in [-0.3, -0.25) is 14.7 Å². The normalized spacial score (nSPS) is 16.2. The molecule has 0 unspecified atom stereocenters. The molecule has 1 aliphatic heterocycles. The Bertz CT molecular complexity index is 1200. The molecule has 4 aromatic rings. The molecule has 5 rings (SSSR count). The summed E-state index contributed by atoms with van der Waals surface area (Å²) < 4.78 is 6.45. The second kappa shape index (κ2) is 8.97. The first-order valence-electron chi connectivity index (χ1n) is 11.2. The zero-order valence-corrected chi connectivity index (χ0v) is 18.2. The van der Waals surface area contributed by atoms with Crippen LogP contribution in [0.15, 0.2) is 83.5 Å². The highest BCUT2D eigenvalue weighted by Crippen LogP contribution is 2.41. The minimum Gasteiger partial charge on any atom is -0.457 e. The van der Waals surface area contributed by atoms with Gasteiger partial charge >= 0.3 is 0 Å². The first-order valence-corrected chi connectivity index (χ1v) is 11.2. The number of pyridine rings is 1. The van der Waals surface area contributed by atoms with Gasteiger partial charge in [0.2, 0.25) is 0 Å². The third kappa shape index (κ3) is 4.04. The molecule has 162 valence electrons. The SMILES string of the molecule is CC1CCN([C@H](c2cccnc2)c2oc3ccccc3c2NC(=O)c2ccccc2)CC1. The summed E-state index contributed by atoms with van der Waals surface area (Å²) in [5.74, 6) is 1.34. The first-order chi connectivity index (χ1) is 15.7. The topological polar surface area (TPSA) is 58.4 Å².